The van der Waals surface area contributed by atoms with Crippen LogP contribution in [0.2, 0.25) is 0 Å². The monoisotopic (exact) mass is 483 g/mol. The maximum absolute atomic E-state index is 12.0. The molecule has 0 aliphatic heterocycles. The summed E-state index contributed by atoms with van der Waals surface area (Å²) in [5.74, 6) is 0.0738. The first kappa shape index (κ1) is 25.2. The number of nitrogens with one attached hydrogen (secondary N) is 1. The van der Waals surface area contributed by atoms with E-state index in [-0.39, 0.29) is 17.7 Å². The van der Waals surface area contributed by atoms with Crippen molar-refractivity contribution >= 4 is 28.3 Å². The van der Waals surface area contributed by atoms with E-state index in [1.807, 2.05) is 54.6 Å². The molecular formula is C30H33N3O3. The highest BCUT2D eigenvalue weighted by molar-refractivity contribution is 6.22. The van der Waals surface area contributed by atoms with Crippen molar-refractivity contribution in [3.63, 3.8) is 0 Å². The Labute approximate surface area is 211 Å². The van der Waals surface area contributed by atoms with E-state index in [1.54, 1.807) is 18.2 Å². The molecule has 0 spiro atoms. The summed E-state index contributed by atoms with van der Waals surface area (Å²) in [4.78, 5) is 20.0. The lowest BCUT2D eigenvalue weighted by atomic mass is 9.73. The summed E-state index contributed by atoms with van der Waals surface area (Å²) in [6.45, 7) is 8.58. The first-order chi connectivity index (χ1) is 17.2. The van der Waals surface area contributed by atoms with Crippen LogP contribution in [0, 0.1) is 11.8 Å². The number of hydrogen-bond donors (Lipinski definition) is 3. The molecule has 36 heavy (non-hydrogen) atoms. The molecule has 0 amide bonds. The number of nitrogens with two attached hydrogens (primary N) is 1. The minimum absolute atomic E-state index is 0.0215. The van der Waals surface area contributed by atoms with E-state index in [0.717, 1.165) is 22.2 Å². The molecule has 0 saturated heterocycles. The summed E-state index contributed by atoms with van der Waals surface area (Å²) in [5, 5.41) is 11.7. The van der Waals surface area contributed by atoms with Crippen LogP contribution in [-0.2, 0) is 10.3 Å². The molecule has 0 aliphatic rings. The van der Waals surface area contributed by atoms with Gasteiger partial charge in [0.25, 0.3) is 0 Å². The normalized spacial score (nSPS) is 12.5. The van der Waals surface area contributed by atoms with Crippen LogP contribution in [-0.4, -0.2) is 28.9 Å². The van der Waals surface area contributed by atoms with Crippen LogP contribution in [0.4, 0.5) is 5.69 Å². The SMILES string of the molecule is COC(=O)c1ccc2c(C(=Nc3ccc(C(N)(C(C)C)C(C)C)cc3)c3ccccc3)c(O)[nH]c2c1. The maximum atomic E-state index is 12.0. The Bertz CT molecular complexity index is 1390. The van der Waals surface area contributed by atoms with Crippen LogP contribution >= 0.6 is 0 Å². The summed E-state index contributed by atoms with van der Waals surface area (Å²) in [6, 6.07) is 22.9. The molecule has 0 unspecified atom stereocenters. The number of nitrogens with zero attached hydrogens (tertiary/aromatic N) is 1. The number of aromatic amines is 1. The molecule has 3 aromatic carbocycles. The predicted molar refractivity (Wildman–Crippen MR) is 145 cm³/mol. The molecule has 0 fully saturated rings. The van der Waals surface area contributed by atoms with E-state index in [1.165, 1.54) is 7.11 Å². The number of fused-ring (bicyclic) bond motifs is 1. The van der Waals surface area contributed by atoms with Crippen molar-refractivity contribution in [3.8, 4) is 5.88 Å². The second-order valence-electron chi connectivity index (χ2n) is 9.72. The molecule has 4 rings (SSSR count). The van der Waals surface area contributed by atoms with Gasteiger partial charge in [-0.3, -0.25) is 0 Å². The van der Waals surface area contributed by atoms with Gasteiger partial charge in [-0.1, -0.05) is 76.2 Å². The van der Waals surface area contributed by atoms with E-state index in [0.29, 0.717) is 22.4 Å². The minimum Gasteiger partial charge on any atom is -0.494 e. The van der Waals surface area contributed by atoms with Crippen LogP contribution in [0.15, 0.2) is 77.8 Å². The third kappa shape index (κ3) is 4.52. The molecule has 0 radical (unpaired) electrons. The Hall–Kier alpha value is -3.90. The number of carbonyl (C=O) groups is 1. The van der Waals surface area contributed by atoms with Crippen molar-refractivity contribution in [1.82, 2.24) is 4.98 Å². The molecular weight excluding hydrogens is 450 g/mol. The molecule has 6 nitrogen and oxygen atoms in total. The number of aromatic hydroxyl groups is 1. The third-order valence-corrected chi connectivity index (χ3v) is 7.00. The zero-order chi connectivity index (χ0) is 26.0. The van der Waals surface area contributed by atoms with Gasteiger partial charge in [0.15, 0.2) is 5.88 Å². The van der Waals surface area contributed by atoms with Crippen molar-refractivity contribution in [2.45, 2.75) is 33.2 Å². The van der Waals surface area contributed by atoms with Gasteiger partial charge in [0, 0.05) is 22.0 Å². The van der Waals surface area contributed by atoms with Gasteiger partial charge >= 0.3 is 5.97 Å². The summed E-state index contributed by atoms with van der Waals surface area (Å²) in [6.07, 6.45) is 0. The van der Waals surface area contributed by atoms with Gasteiger partial charge in [0.1, 0.15) is 0 Å². The van der Waals surface area contributed by atoms with Crippen LogP contribution < -0.4 is 5.73 Å². The number of rotatable bonds is 7. The number of aromatic nitrogens is 1. The van der Waals surface area contributed by atoms with Gasteiger partial charge < -0.3 is 20.6 Å². The summed E-state index contributed by atoms with van der Waals surface area (Å²) in [7, 11) is 1.34. The van der Waals surface area contributed by atoms with Gasteiger partial charge in [-0.05, 0) is 41.7 Å². The number of hydrogen-bond acceptors (Lipinski definition) is 5. The van der Waals surface area contributed by atoms with Crippen LogP contribution in [0.5, 0.6) is 5.88 Å². The van der Waals surface area contributed by atoms with Crippen LogP contribution in [0.25, 0.3) is 10.9 Å². The van der Waals surface area contributed by atoms with Gasteiger partial charge in [-0.25, -0.2) is 9.79 Å². The Morgan fingerprint density at radius 3 is 2.17 bits per heavy atom. The fraction of sp³-hybridized carbons (Fsp3) is 0.267. The zero-order valence-electron chi connectivity index (χ0n) is 21.4. The number of methoxy groups -OCH3 is 1. The lowest BCUT2D eigenvalue weighted by Gasteiger charge is -2.38. The van der Waals surface area contributed by atoms with E-state index in [9.17, 15) is 9.90 Å². The van der Waals surface area contributed by atoms with E-state index < -0.39 is 11.5 Å². The number of aliphatic imine (C=N–C) groups is 1. The van der Waals surface area contributed by atoms with Gasteiger partial charge in [0.2, 0.25) is 0 Å². The highest BCUT2D eigenvalue weighted by atomic mass is 16.5. The Morgan fingerprint density at radius 2 is 1.58 bits per heavy atom. The van der Waals surface area contributed by atoms with E-state index in [4.69, 9.17) is 15.5 Å². The average Bonchev–Trinajstić information content (AvgIpc) is 3.21. The summed E-state index contributed by atoms with van der Waals surface area (Å²) < 4.78 is 4.83. The number of esters is 1. The average molecular weight is 484 g/mol. The lowest BCUT2D eigenvalue weighted by molar-refractivity contribution is 0.0601. The molecule has 4 aromatic rings. The van der Waals surface area contributed by atoms with Gasteiger partial charge in [-0.2, -0.15) is 0 Å². The minimum atomic E-state index is -0.447. The number of H-pyrrole nitrogens is 1. The molecule has 0 aliphatic carbocycles. The first-order valence-electron chi connectivity index (χ1n) is 12.1. The molecule has 0 saturated carbocycles. The zero-order valence-corrected chi connectivity index (χ0v) is 21.4. The molecule has 4 N–H and O–H groups in total. The lowest BCUT2D eigenvalue weighted by Crippen LogP contribution is -2.46. The number of benzene rings is 3. The van der Waals surface area contributed by atoms with E-state index in [2.05, 4.69) is 32.7 Å². The second kappa shape index (κ2) is 9.99. The first-order valence-corrected chi connectivity index (χ1v) is 12.1. The highest BCUT2D eigenvalue weighted by Crippen LogP contribution is 2.36. The third-order valence-electron chi connectivity index (χ3n) is 7.00. The molecule has 1 aromatic heterocycles. The van der Waals surface area contributed by atoms with Gasteiger partial charge in [0.05, 0.1) is 29.6 Å². The Morgan fingerprint density at radius 1 is 0.944 bits per heavy atom. The second-order valence-corrected chi connectivity index (χ2v) is 9.72. The molecule has 0 bridgehead atoms. The highest BCUT2D eigenvalue weighted by Gasteiger charge is 2.34. The number of carbonyl (C=O) groups excluding carboxylic acids is 1. The van der Waals surface area contributed by atoms with Crippen LogP contribution in [0.3, 0.4) is 0 Å². The Balaban J connectivity index is 1.85. The van der Waals surface area contributed by atoms with Crippen molar-refractivity contribution in [2.24, 2.45) is 22.6 Å². The molecule has 6 heteroatoms. The molecule has 186 valence electrons. The maximum Gasteiger partial charge on any atom is 0.337 e. The molecule has 0 atom stereocenters. The van der Waals surface area contributed by atoms with Crippen LogP contribution in [0.1, 0.15) is 54.7 Å². The van der Waals surface area contributed by atoms with Crippen molar-refractivity contribution < 1.29 is 14.6 Å². The van der Waals surface area contributed by atoms with Crippen molar-refractivity contribution in [1.29, 1.82) is 0 Å². The Kier molecular flexibility index (Phi) is 7.00. The van der Waals surface area contributed by atoms with Gasteiger partial charge in [-0.15, -0.1) is 0 Å². The quantitative estimate of drug-likeness (QED) is 0.212. The topological polar surface area (TPSA) is 101 Å². The van der Waals surface area contributed by atoms with Crippen molar-refractivity contribution in [2.75, 3.05) is 7.11 Å². The summed E-state index contributed by atoms with van der Waals surface area (Å²) >= 11 is 0. The number of ether oxygens (including phenoxy) is 1. The summed E-state index contributed by atoms with van der Waals surface area (Å²) in [5.41, 5.74) is 11.3. The standard InChI is InChI=1S/C30H33N3O3/c1-18(2)30(31,19(3)4)22-12-14-23(15-13-22)32-27(20-9-7-6-8-10-20)26-24-16-11-21(29(35)36-5)17-25(24)33-28(26)34/h6-19,33-34H,31H2,1-5H3. The fourth-order valence-corrected chi connectivity index (χ4v) is 4.82. The van der Waals surface area contributed by atoms with Crippen molar-refractivity contribution in [3.05, 3.63) is 95.1 Å². The van der Waals surface area contributed by atoms with E-state index >= 15 is 0 Å². The predicted octanol–water partition coefficient (Wildman–Crippen LogP) is 6.30. The largest absolute Gasteiger partial charge is 0.494 e. The molecule has 1 heterocycles. The smallest absolute Gasteiger partial charge is 0.337 e. The fourth-order valence-electron chi connectivity index (χ4n) is 4.82.